The molecule has 0 saturated carbocycles. The van der Waals surface area contributed by atoms with Crippen LogP contribution in [0.1, 0.15) is 16.1 Å². The quantitative estimate of drug-likeness (QED) is 0.713. The molecule has 0 atom stereocenters. The van der Waals surface area contributed by atoms with Crippen LogP contribution < -0.4 is 14.8 Å². The van der Waals surface area contributed by atoms with Crippen LogP contribution >= 0.6 is 0 Å². The molecule has 0 aliphatic heterocycles. The molecule has 136 valence electrons. The number of hydrogen-bond donors (Lipinski definition) is 2. The van der Waals surface area contributed by atoms with Gasteiger partial charge in [-0.05, 0) is 37.3 Å². The van der Waals surface area contributed by atoms with Gasteiger partial charge in [0.05, 0.1) is 24.7 Å². The summed E-state index contributed by atoms with van der Waals surface area (Å²) in [4.78, 5) is 12.7. The van der Waals surface area contributed by atoms with Gasteiger partial charge in [0.25, 0.3) is 5.91 Å². The second-order valence-electron chi connectivity index (χ2n) is 5.79. The van der Waals surface area contributed by atoms with Crippen LogP contribution in [0.5, 0.6) is 5.75 Å². The molecule has 3 rings (SSSR count). The number of carbonyl (C=O) groups is 1. The van der Waals surface area contributed by atoms with Crippen molar-refractivity contribution in [3.8, 4) is 5.75 Å². The van der Waals surface area contributed by atoms with Crippen molar-refractivity contribution in [2.45, 2.75) is 6.92 Å². The van der Waals surface area contributed by atoms with Gasteiger partial charge in [0.2, 0.25) is 10.0 Å². The highest BCUT2D eigenvalue weighted by Crippen LogP contribution is 2.30. The number of methoxy groups -OCH3 is 1. The zero-order valence-electron chi connectivity index (χ0n) is 14.5. The number of sulfonamides is 1. The minimum absolute atomic E-state index is 0.155. The van der Waals surface area contributed by atoms with Crippen LogP contribution in [0.2, 0.25) is 0 Å². The lowest BCUT2D eigenvalue weighted by Gasteiger charge is -2.11. The van der Waals surface area contributed by atoms with Gasteiger partial charge in [-0.2, -0.15) is 0 Å². The summed E-state index contributed by atoms with van der Waals surface area (Å²) in [6.45, 7) is 1.78. The fraction of sp³-hybridized carbons (Fsp3) is 0.167. The summed E-state index contributed by atoms with van der Waals surface area (Å²) in [7, 11) is -1.91. The number of furan rings is 1. The summed E-state index contributed by atoms with van der Waals surface area (Å²) >= 11 is 0. The Morgan fingerprint density at radius 2 is 1.81 bits per heavy atom. The number of anilines is 2. The first-order valence-electron chi connectivity index (χ1n) is 7.74. The van der Waals surface area contributed by atoms with Gasteiger partial charge < -0.3 is 14.5 Å². The van der Waals surface area contributed by atoms with Crippen LogP contribution in [0.25, 0.3) is 11.0 Å². The molecule has 0 saturated heterocycles. The van der Waals surface area contributed by atoms with Gasteiger partial charge in [0, 0.05) is 10.9 Å². The van der Waals surface area contributed by atoms with E-state index in [-0.39, 0.29) is 11.4 Å². The van der Waals surface area contributed by atoms with Crippen LogP contribution in [0, 0.1) is 6.92 Å². The Morgan fingerprint density at radius 1 is 1.12 bits per heavy atom. The monoisotopic (exact) mass is 374 g/mol. The molecule has 0 aliphatic rings. The number of nitrogens with one attached hydrogen (secondary N) is 2. The predicted octanol–water partition coefficient (Wildman–Crippen LogP) is 3.37. The molecule has 1 heterocycles. The van der Waals surface area contributed by atoms with Crippen molar-refractivity contribution in [2.24, 2.45) is 0 Å². The summed E-state index contributed by atoms with van der Waals surface area (Å²) in [6.07, 6.45) is 1.04. The molecule has 2 N–H and O–H groups in total. The fourth-order valence-electron chi connectivity index (χ4n) is 2.60. The Kier molecular flexibility index (Phi) is 4.60. The minimum atomic E-state index is -3.48. The number of para-hydroxylation sites is 2. The minimum Gasteiger partial charge on any atom is -0.497 e. The number of rotatable bonds is 5. The van der Waals surface area contributed by atoms with E-state index < -0.39 is 15.9 Å². The first-order valence-corrected chi connectivity index (χ1v) is 9.63. The van der Waals surface area contributed by atoms with Crippen LogP contribution in [-0.2, 0) is 10.0 Å². The van der Waals surface area contributed by atoms with Gasteiger partial charge in [-0.25, -0.2) is 8.42 Å². The maximum absolute atomic E-state index is 12.7. The molecule has 7 nitrogen and oxygen atoms in total. The number of amides is 1. The van der Waals surface area contributed by atoms with Gasteiger partial charge in [0.1, 0.15) is 11.3 Å². The van der Waals surface area contributed by atoms with E-state index in [4.69, 9.17) is 9.15 Å². The number of ether oxygens (including phenoxy) is 1. The van der Waals surface area contributed by atoms with E-state index in [1.165, 1.54) is 0 Å². The van der Waals surface area contributed by atoms with Crippen molar-refractivity contribution in [1.29, 1.82) is 0 Å². The summed E-state index contributed by atoms with van der Waals surface area (Å²) in [6, 6.07) is 11.8. The highest BCUT2D eigenvalue weighted by Gasteiger charge is 2.19. The van der Waals surface area contributed by atoms with Crippen LogP contribution in [-0.4, -0.2) is 27.7 Å². The number of aryl methyl sites for hydroxylation is 1. The SMILES string of the molecule is COc1ccc2oc(C(=O)Nc3ccccc3NS(C)(=O)=O)c(C)c2c1. The van der Waals surface area contributed by atoms with Crippen molar-refractivity contribution in [2.75, 3.05) is 23.4 Å². The lowest BCUT2D eigenvalue weighted by molar-refractivity contribution is 0.0998. The third-order valence-corrected chi connectivity index (χ3v) is 4.41. The van der Waals surface area contributed by atoms with E-state index in [0.29, 0.717) is 22.6 Å². The highest BCUT2D eigenvalue weighted by atomic mass is 32.2. The standard InChI is InChI=1S/C18H18N2O5S/c1-11-13-10-12(24-2)8-9-16(13)25-17(11)18(21)19-14-6-4-5-7-15(14)20-26(3,22)23/h4-10,20H,1-3H3,(H,19,21). The number of hydrogen-bond acceptors (Lipinski definition) is 5. The lowest BCUT2D eigenvalue weighted by Crippen LogP contribution is -2.16. The molecule has 0 radical (unpaired) electrons. The molecule has 0 unspecified atom stereocenters. The maximum Gasteiger partial charge on any atom is 0.291 e. The number of fused-ring (bicyclic) bond motifs is 1. The summed E-state index contributed by atoms with van der Waals surface area (Å²) in [5.41, 5.74) is 1.85. The summed E-state index contributed by atoms with van der Waals surface area (Å²) in [5, 5.41) is 3.46. The normalized spacial score (nSPS) is 11.3. The fourth-order valence-corrected chi connectivity index (χ4v) is 3.18. The van der Waals surface area contributed by atoms with Crippen LogP contribution in [0.15, 0.2) is 46.9 Å². The molecule has 1 amide bonds. The molecule has 8 heteroatoms. The van der Waals surface area contributed by atoms with E-state index >= 15 is 0 Å². The Hall–Kier alpha value is -3.00. The molecular formula is C18H18N2O5S. The third-order valence-electron chi connectivity index (χ3n) is 3.82. The molecule has 3 aromatic rings. The molecule has 0 fully saturated rings. The molecule has 1 aromatic heterocycles. The molecule has 2 aromatic carbocycles. The molecule has 0 spiro atoms. The molecule has 26 heavy (non-hydrogen) atoms. The van der Waals surface area contributed by atoms with Crippen molar-refractivity contribution < 1.29 is 22.4 Å². The second kappa shape index (κ2) is 6.72. The van der Waals surface area contributed by atoms with Gasteiger partial charge in [-0.1, -0.05) is 12.1 Å². The summed E-state index contributed by atoms with van der Waals surface area (Å²) < 4.78 is 36.2. The van der Waals surface area contributed by atoms with Crippen LogP contribution in [0.4, 0.5) is 11.4 Å². The van der Waals surface area contributed by atoms with E-state index in [1.807, 2.05) is 0 Å². The molecule has 0 aliphatic carbocycles. The average molecular weight is 374 g/mol. The number of carbonyl (C=O) groups excluding carboxylic acids is 1. The zero-order chi connectivity index (χ0) is 18.9. The van der Waals surface area contributed by atoms with Gasteiger partial charge in [-0.3, -0.25) is 9.52 Å². The van der Waals surface area contributed by atoms with Crippen molar-refractivity contribution in [1.82, 2.24) is 0 Å². The summed E-state index contributed by atoms with van der Waals surface area (Å²) in [5.74, 6) is 0.346. The van der Waals surface area contributed by atoms with Crippen molar-refractivity contribution >= 4 is 38.3 Å². The second-order valence-corrected chi connectivity index (χ2v) is 7.54. The Bertz CT molecular complexity index is 1090. The van der Waals surface area contributed by atoms with E-state index in [9.17, 15) is 13.2 Å². The van der Waals surface area contributed by atoms with Crippen LogP contribution in [0.3, 0.4) is 0 Å². The van der Waals surface area contributed by atoms with E-state index in [1.54, 1.807) is 56.5 Å². The van der Waals surface area contributed by atoms with E-state index in [0.717, 1.165) is 11.6 Å². The molecule has 0 bridgehead atoms. The third kappa shape index (κ3) is 3.65. The predicted molar refractivity (Wildman–Crippen MR) is 100 cm³/mol. The zero-order valence-corrected chi connectivity index (χ0v) is 15.3. The Morgan fingerprint density at radius 3 is 2.46 bits per heavy atom. The van der Waals surface area contributed by atoms with Gasteiger partial charge in [-0.15, -0.1) is 0 Å². The van der Waals surface area contributed by atoms with Crippen molar-refractivity contribution in [3.63, 3.8) is 0 Å². The van der Waals surface area contributed by atoms with Crippen molar-refractivity contribution in [3.05, 3.63) is 53.8 Å². The largest absolute Gasteiger partial charge is 0.497 e. The Balaban J connectivity index is 1.94. The lowest BCUT2D eigenvalue weighted by atomic mass is 10.1. The number of benzene rings is 2. The first kappa shape index (κ1) is 17.8. The topological polar surface area (TPSA) is 97.6 Å². The Labute approximate surface area is 151 Å². The average Bonchev–Trinajstić information content (AvgIpc) is 2.92. The first-order chi connectivity index (χ1) is 12.3. The molecular weight excluding hydrogens is 356 g/mol. The van der Waals surface area contributed by atoms with Gasteiger partial charge >= 0.3 is 0 Å². The smallest absolute Gasteiger partial charge is 0.291 e. The maximum atomic E-state index is 12.7. The van der Waals surface area contributed by atoms with Gasteiger partial charge in [0.15, 0.2) is 5.76 Å². The highest BCUT2D eigenvalue weighted by molar-refractivity contribution is 7.92. The van der Waals surface area contributed by atoms with E-state index in [2.05, 4.69) is 10.0 Å².